The van der Waals surface area contributed by atoms with Crippen LogP contribution in [-0.4, -0.2) is 48.9 Å². The molecule has 10 heteroatoms. The number of carbonyl (C=O) groups excluding carboxylic acids is 3. The van der Waals surface area contributed by atoms with Gasteiger partial charge in [-0.25, -0.2) is 4.79 Å². The van der Waals surface area contributed by atoms with Gasteiger partial charge in [0, 0.05) is 18.8 Å². The lowest BCUT2D eigenvalue weighted by atomic mass is 9.82. The molecule has 190 valence electrons. The number of carbonyl (C=O) groups is 4. The van der Waals surface area contributed by atoms with Crippen LogP contribution in [0.15, 0.2) is 18.2 Å². The number of unbranched alkanes of at least 4 members (excludes halogenated alkanes) is 2. The molecule has 0 bridgehead atoms. The maximum Gasteiger partial charge on any atom is 0.507 e. The predicted octanol–water partition coefficient (Wildman–Crippen LogP) is 3.79. The van der Waals surface area contributed by atoms with Crippen LogP contribution in [0.5, 0.6) is 11.5 Å². The number of nitrogens with two attached hydrogens (primary N) is 1. The van der Waals surface area contributed by atoms with Crippen molar-refractivity contribution in [1.82, 2.24) is 0 Å². The van der Waals surface area contributed by atoms with Crippen molar-refractivity contribution in [3.05, 3.63) is 23.8 Å². The highest BCUT2D eigenvalue weighted by molar-refractivity contribution is 5.77. The molecule has 0 fully saturated rings. The molecule has 1 aromatic carbocycles. The molecule has 0 aliphatic heterocycles. The summed E-state index contributed by atoms with van der Waals surface area (Å²) < 4.78 is 20.3. The molecule has 34 heavy (non-hydrogen) atoms. The van der Waals surface area contributed by atoms with Crippen LogP contribution in [0, 0.1) is 5.92 Å². The Hall–Kier alpha value is -3.14. The summed E-state index contributed by atoms with van der Waals surface area (Å²) in [6.45, 7) is 5.39. The number of benzene rings is 1. The highest BCUT2D eigenvalue weighted by atomic mass is 16.7. The Balaban J connectivity index is 3.32. The van der Waals surface area contributed by atoms with Crippen molar-refractivity contribution in [2.45, 2.75) is 71.3 Å². The largest absolute Gasteiger partial charge is 0.507 e. The summed E-state index contributed by atoms with van der Waals surface area (Å²) in [4.78, 5) is 47.5. The zero-order chi connectivity index (χ0) is 25.7. The molecule has 0 aliphatic rings. The normalized spacial score (nSPS) is 13.3. The average molecular weight is 482 g/mol. The van der Waals surface area contributed by atoms with Gasteiger partial charge in [-0.05, 0) is 36.5 Å². The van der Waals surface area contributed by atoms with Crippen LogP contribution in [-0.2, 0) is 23.9 Å². The van der Waals surface area contributed by atoms with Gasteiger partial charge in [0.1, 0.15) is 6.04 Å². The Bertz CT molecular complexity index is 840. The van der Waals surface area contributed by atoms with Gasteiger partial charge in [0.05, 0.1) is 13.7 Å². The zero-order valence-corrected chi connectivity index (χ0v) is 20.2. The lowest BCUT2D eigenvalue weighted by Crippen LogP contribution is -2.40. The number of esters is 2. The molecule has 0 heterocycles. The minimum Gasteiger partial charge on any atom is -0.480 e. The molecule has 0 aromatic heterocycles. The molecular formula is C24H35NO9. The summed E-state index contributed by atoms with van der Waals surface area (Å²) in [5.74, 6) is -3.55. The van der Waals surface area contributed by atoms with Gasteiger partial charge < -0.3 is 29.8 Å². The van der Waals surface area contributed by atoms with E-state index in [-0.39, 0.29) is 30.9 Å². The highest BCUT2D eigenvalue weighted by Crippen LogP contribution is 2.36. The van der Waals surface area contributed by atoms with Crippen LogP contribution in [0.1, 0.15) is 70.8 Å². The summed E-state index contributed by atoms with van der Waals surface area (Å²) in [7, 11) is 1.16. The molecular weight excluding hydrogens is 446 g/mol. The standard InChI is InChI=1S/C24H35NO9/c1-5-7-9-19(26)33-17-12-11-16(13-18(17)34-20(27)10-8-6-2)21(22(25)23(28)29)15(3)14-32-24(30)31-4/h11-13,15,21-22H,5-10,14,25H2,1-4H3,(H,28,29)/t15?,21?,22-/m0/s1. The van der Waals surface area contributed by atoms with E-state index in [1.54, 1.807) is 13.0 Å². The first-order valence-corrected chi connectivity index (χ1v) is 11.4. The second-order valence-corrected chi connectivity index (χ2v) is 7.99. The maximum absolute atomic E-state index is 12.3. The monoisotopic (exact) mass is 481 g/mol. The van der Waals surface area contributed by atoms with E-state index in [4.69, 9.17) is 19.9 Å². The number of rotatable bonds is 14. The summed E-state index contributed by atoms with van der Waals surface area (Å²) in [6.07, 6.45) is 2.35. The van der Waals surface area contributed by atoms with Crippen molar-refractivity contribution in [2.24, 2.45) is 11.7 Å². The lowest BCUT2D eigenvalue weighted by Gasteiger charge is -2.27. The molecule has 10 nitrogen and oxygen atoms in total. The minimum atomic E-state index is -1.35. The lowest BCUT2D eigenvalue weighted by molar-refractivity contribution is -0.139. The van der Waals surface area contributed by atoms with E-state index in [2.05, 4.69) is 4.74 Å². The van der Waals surface area contributed by atoms with Crippen LogP contribution in [0.4, 0.5) is 4.79 Å². The second-order valence-electron chi connectivity index (χ2n) is 7.99. The third-order valence-electron chi connectivity index (χ3n) is 5.19. The van der Waals surface area contributed by atoms with Crippen LogP contribution in [0.25, 0.3) is 0 Å². The van der Waals surface area contributed by atoms with E-state index in [9.17, 15) is 24.3 Å². The second kappa shape index (κ2) is 14.9. The number of aliphatic carboxylic acids is 1. The Kier molecular flexibility index (Phi) is 12.7. The van der Waals surface area contributed by atoms with Crippen molar-refractivity contribution < 1.29 is 43.2 Å². The van der Waals surface area contributed by atoms with Gasteiger partial charge in [-0.3, -0.25) is 14.4 Å². The molecule has 0 aliphatic carbocycles. The van der Waals surface area contributed by atoms with Gasteiger partial charge >= 0.3 is 24.1 Å². The number of hydrogen-bond acceptors (Lipinski definition) is 9. The van der Waals surface area contributed by atoms with Crippen molar-refractivity contribution in [3.63, 3.8) is 0 Å². The molecule has 1 rings (SSSR count). The van der Waals surface area contributed by atoms with E-state index in [1.807, 2.05) is 13.8 Å². The number of ether oxygens (including phenoxy) is 4. The first kappa shape index (κ1) is 28.9. The number of hydrogen-bond donors (Lipinski definition) is 2. The molecule has 0 radical (unpaired) electrons. The zero-order valence-electron chi connectivity index (χ0n) is 20.2. The van der Waals surface area contributed by atoms with E-state index in [1.165, 1.54) is 12.1 Å². The van der Waals surface area contributed by atoms with Gasteiger partial charge in [0.15, 0.2) is 11.5 Å². The predicted molar refractivity (Wildman–Crippen MR) is 123 cm³/mol. The Morgan fingerprint density at radius 3 is 2.03 bits per heavy atom. The maximum atomic E-state index is 12.3. The average Bonchev–Trinajstić information content (AvgIpc) is 2.81. The first-order valence-electron chi connectivity index (χ1n) is 11.4. The molecule has 2 unspecified atom stereocenters. The van der Waals surface area contributed by atoms with Crippen LogP contribution in [0.3, 0.4) is 0 Å². The summed E-state index contributed by atoms with van der Waals surface area (Å²) in [5.41, 5.74) is 6.38. The van der Waals surface area contributed by atoms with Crippen molar-refractivity contribution in [2.75, 3.05) is 13.7 Å². The Morgan fingerprint density at radius 2 is 1.53 bits per heavy atom. The molecule has 0 amide bonds. The molecule has 3 N–H and O–H groups in total. The van der Waals surface area contributed by atoms with Gasteiger partial charge in [-0.1, -0.05) is 39.7 Å². The minimum absolute atomic E-state index is 0.00729. The fourth-order valence-electron chi connectivity index (χ4n) is 3.29. The van der Waals surface area contributed by atoms with E-state index in [0.717, 1.165) is 20.0 Å². The highest BCUT2D eigenvalue weighted by Gasteiger charge is 2.32. The van der Waals surface area contributed by atoms with Crippen molar-refractivity contribution >= 4 is 24.1 Å². The van der Waals surface area contributed by atoms with Gasteiger partial charge in [0.25, 0.3) is 0 Å². The SMILES string of the molecule is CCCCC(=O)Oc1ccc(C(C(C)COC(=O)OC)[C@H](N)C(=O)O)cc1OC(=O)CCCC. The topological polar surface area (TPSA) is 151 Å². The van der Waals surface area contributed by atoms with E-state index in [0.29, 0.717) is 18.4 Å². The number of carboxylic acid groups (broad SMARTS) is 1. The van der Waals surface area contributed by atoms with Gasteiger partial charge in [-0.15, -0.1) is 0 Å². The molecule has 0 saturated heterocycles. The first-order chi connectivity index (χ1) is 16.1. The van der Waals surface area contributed by atoms with E-state index >= 15 is 0 Å². The van der Waals surface area contributed by atoms with Crippen LogP contribution in [0.2, 0.25) is 0 Å². The molecule has 0 saturated carbocycles. The fourth-order valence-corrected chi connectivity index (χ4v) is 3.29. The summed E-state index contributed by atoms with van der Waals surface area (Å²) in [6, 6.07) is 3.08. The smallest absolute Gasteiger partial charge is 0.480 e. The third-order valence-corrected chi connectivity index (χ3v) is 5.19. The molecule has 1 aromatic rings. The van der Waals surface area contributed by atoms with Crippen molar-refractivity contribution in [3.8, 4) is 11.5 Å². The number of carboxylic acids is 1. The quantitative estimate of drug-likeness (QED) is 0.296. The van der Waals surface area contributed by atoms with Gasteiger partial charge in [-0.2, -0.15) is 0 Å². The summed E-state index contributed by atoms with van der Waals surface area (Å²) >= 11 is 0. The fraction of sp³-hybridized carbons (Fsp3) is 0.583. The van der Waals surface area contributed by atoms with Crippen LogP contribution >= 0.6 is 0 Å². The Morgan fingerprint density at radius 1 is 0.971 bits per heavy atom. The third kappa shape index (κ3) is 9.38. The van der Waals surface area contributed by atoms with E-state index < -0.39 is 41.9 Å². The summed E-state index contributed by atoms with van der Waals surface area (Å²) in [5, 5.41) is 9.54. The Labute approximate surface area is 199 Å². The number of methoxy groups -OCH3 is 1. The van der Waals surface area contributed by atoms with Crippen molar-refractivity contribution in [1.29, 1.82) is 0 Å². The molecule has 3 atom stereocenters. The van der Waals surface area contributed by atoms with Gasteiger partial charge in [0.2, 0.25) is 0 Å². The van der Waals surface area contributed by atoms with Crippen LogP contribution < -0.4 is 15.2 Å². The molecule has 0 spiro atoms.